The number of rotatable bonds is 8. The number of nitrogens with two attached hydrogens (primary N) is 1. The topological polar surface area (TPSA) is 84.7 Å². The molecule has 0 bridgehead atoms. The average molecular weight is 384 g/mol. The van der Waals surface area contributed by atoms with Crippen molar-refractivity contribution in [2.75, 3.05) is 25.1 Å². The molecule has 4 N–H and O–H groups in total. The SMILES string of the molecule is CCOc1ccc(OCC)c(NC(N)=NCCc2c[nH]c3ccc(F)cc23)c1. The molecule has 0 fully saturated rings. The number of hydrogen-bond donors (Lipinski definition) is 3. The molecule has 0 saturated carbocycles. The van der Waals surface area contributed by atoms with E-state index in [2.05, 4.69) is 15.3 Å². The maximum Gasteiger partial charge on any atom is 0.193 e. The summed E-state index contributed by atoms with van der Waals surface area (Å²) in [4.78, 5) is 7.52. The summed E-state index contributed by atoms with van der Waals surface area (Å²) in [7, 11) is 0. The van der Waals surface area contributed by atoms with Crippen LogP contribution in [0.5, 0.6) is 11.5 Å². The number of ether oxygens (including phenoxy) is 2. The van der Waals surface area contributed by atoms with Crippen molar-refractivity contribution >= 4 is 22.5 Å². The van der Waals surface area contributed by atoms with Gasteiger partial charge in [0.1, 0.15) is 17.3 Å². The first-order valence-corrected chi connectivity index (χ1v) is 9.32. The van der Waals surface area contributed by atoms with Gasteiger partial charge in [-0.25, -0.2) is 4.39 Å². The highest BCUT2D eigenvalue weighted by Crippen LogP contribution is 2.29. The van der Waals surface area contributed by atoms with Gasteiger partial charge >= 0.3 is 0 Å². The molecule has 0 spiro atoms. The van der Waals surface area contributed by atoms with Crippen LogP contribution in [0.15, 0.2) is 47.6 Å². The van der Waals surface area contributed by atoms with Crippen molar-refractivity contribution in [3.05, 3.63) is 54.0 Å². The van der Waals surface area contributed by atoms with Gasteiger partial charge in [0.15, 0.2) is 5.96 Å². The average Bonchev–Trinajstić information content (AvgIpc) is 3.06. The van der Waals surface area contributed by atoms with Crippen molar-refractivity contribution < 1.29 is 13.9 Å². The Morgan fingerprint density at radius 3 is 2.75 bits per heavy atom. The van der Waals surface area contributed by atoms with Crippen molar-refractivity contribution in [3.8, 4) is 11.5 Å². The summed E-state index contributed by atoms with van der Waals surface area (Å²) in [5.41, 5.74) is 8.65. The lowest BCUT2D eigenvalue weighted by atomic mass is 10.1. The molecule has 0 aliphatic rings. The van der Waals surface area contributed by atoms with Crippen LogP contribution >= 0.6 is 0 Å². The van der Waals surface area contributed by atoms with Gasteiger partial charge in [0.05, 0.1) is 18.9 Å². The number of aromatic nitrogens is 1. The highest BCUT2D eigenvalue weighted by atomic mass is 19.1. The zero-order valence-electron chi connectivity index (χ0n) is 16.1. The van der Waals surface area contributed by atoms with E-state index in [1.807, 2.05) is 38.2 Å². The Morgan fingerprint density at radius 2 is 1.96 bits per heavy atom. The molecule has 0 radical (unpaired) electrons. The zero-order chi connectivity index (χ0) is 19.9. The number of fused-ring (bicyclic) bond motifs is 1. The number of nitrogens with one attached hydrogen (secondary N) is 2. The molecule has 0 aliphatic carbocycles. The van der Waals surface area contributed by atoms with Crippen LogP contribution in [-0.2, 0) is 6.42 Å². The number of nitrogens with zero attached hydrogens (tertiary/aromatic N) is 1. The van der Waals surface area contributed by atoms with Gasteiger partial charge in [-0.15, -0.1) is 0 Å². The van der Waals surface area contributed by atoms with Gasteiger partial charge in [-0.05, 0) is 56.2 Å². The number of aromatic amines is 1. The fraction of sp³-hybridized carbons (Fsp3) is 0.286. The second-order valence-electron chi connectivity index (χ2n) is 6.17. The fourth-order valence-electron chi connectivity index (χ4n) is 2.98. The molecule has 1 aromatic heterocycles. The predicted octanol–water partition coefficient (Wildman–Crippen LogP) is 4.07. The summed E-state index contributed by atoms with van der Waals surface area (Å²) < 4.78 is 24.6. The Hall–Kier alpha value is -3.22. The Kier molecular flexibility index (Phi) is 6.37. The standard InChI is InChI=1S/C21H25FN4O2/c1-3-27-16-6-8-20(28-4-2)19(12-16)26-21(23)24-10-9-14-13-25-18-7-5-15(22)11-17(14)18/h5-8,11-13,25H,3-4,9-10H2,1-2H3,(H3,23,24,26). The third kappa shape index (κ3) is 4.73. The molecule has 0 aliphatic heterocycles. The van der Waals surface area contributed by atoms with Crippen molar-refractivity contribution in [2.24, 2.45) is 10.7 Å². The lowest BCUT2D eigenvalue weighted by molar-refractivity contribution is 0.332. The molecule has 148 valence electrons. The maximum absolute atomic E-state index is 13.5. The van der Waals surface area contributed by atoms with E-state index in [4.69, 9.17) is 15.2 Å². The van der Waals surface area contributed by atoms with E-state index in [1.54, 1.807) is 6.07 Å². The Labute approximate surface area is 163 Å². The number of hydrogen-bond acceptors (Lipinski definition) is 3. The fourth-order valence-corrected chi connectivity index (χ4v) is 2.98. The van der Waals surface area contributed by atoms with Crippen molar-refractivity contribution in [1.82, 2.24) is 4.98 Å². The van der Waals surface area contributed by atoms with Crippen LogP contribution in [0.1, 0.15) is 19.4 Å². The number of benzene rings is 2. The highest BCUT2D eigenvalue weighted by Gasteiger charge is 2.08. The van der Waals surface area contributed by atoms with E-state index in [0.29, 0.717) is 37.6 Å². The molecule has 0 unspecified atom stereocenters. The molecular formula is C21H25FN4O2. The lowest BCUT2D eigenvalue weighted by Crippen LogP contribution is -2.23. The van der Waals surface area contributed by atoms with Gasteiger partial charge in [0.2, 0.25) is 0 Å². The quantitative estimate of drug-likeness (QED) is 0.404. The van der Waals surface area contributed by atoms with Gasteiger partial charge in [0, 0.05) is 29.7 Å². The van der Waals surface area contributed by atoms with Crippen LogP contribution in [-0.4, -0.2) is 30.7 Å². The van der Waals surface area contributed by atoms with Crippen LogP contribution in [0.4, 0.5) is 10.1 Å². The molecule has 0 amide bonds. The molecular weight excluding hydrogens is 359 g/mol. The van der Waals surface area contributed by atoms with E-state index < -0.39 is 0 Å². The summed E-state index contributed by atoms with van der Waals surface area (Å²) in [5, 5.41) is 3.94. The molecule has 2 aromatic carbocycles. The van der Waals surface area contributed by atoms with Crippen LogP contribution in [0, 0.1) is 5.82 Å². The van der Waals surface area contributed by atoms with Gasteiger partial charge in [0.25, 0.3) is 0 Å². The molecule has 6 nitrogen and oxygen atoms in total. The van der Waals surface area contributed by atoms with Crippen LogP contribution < -0.4 is 20.5 Å². The first-order valence-electron chi connectivity index (χ1n) is 9.32. The number of guanidine groups is 1. The van der Waals surface area contributed by atoms with E-state index in [1.165, 1.54) is 12.1 Å². The molecule has 28 heavy (non-hydrogen) atoms. The summed E-state index contributed by atoms with van der Waals surface area (Å²) >= 11 is 0. The van der Waals surface area contributed by atoms with Crippen molar-refractivity contribution in [3.63, 3.8) is 0 Å². The zero-order valence-corrected chi connectivity index (χ0v) is 16.1. The molecule has 1 heterocycles. The number of H-pyrrole nitrogens is 1. The van der Waals surface area contributed by atoms with Gasteiger partial charge < -0.3 is 25.5 Å². The second-order valence-corrected chi connectivity index (χ2v) is 6.17. The highest BCUT2D eigenvalue weighted by molar-refractivity contribution is 5.94. The summed E-state index contributed by atoms with van der Waals surface area (Å²) in [6.45, 7) is 5.42. The van der Waals surface area contributed by atoms with E-state index >= 15 is 0 Å². The minimum atomic E-state index is -0.254. The predicted molar refractivity (Wildman–Crippen MR) is 111 cm³/mol. The van der Waals surface area contributed by atoms with Crippen LogP contribution in [0.3, 0.4) is 0 Å². The Bertz CT molecular complexity index is 968. The maximum atomic E-state index is 13.5. The largest absolute Gasteiger partial charge is 0.494 e. The second kappa shape index (κ2) is 9.12. The smallest absolute Gasteiger partial charge is 0.193 e. The van der Waals surface area contributed by atoms with Gasteiger partial charge in [-0.3, -0.25) is 4.99 Å². The first kappa shape index (κ1) is 19.5. The van der Waals surface area contributed by atoms with E-state index in [0.717, 1.165) is 22.2 Å². The summed E-state index contributed by atoms with van der Waals surface area (Å²) in [6, 6.07) is 10.2. The van der Waals surface area contributed by atoms with Crippen molar-refractivity contribution in [2.45, 2.75) is 20.3 Å². The van der Waals surface area contributed by atoms with E-state index in [9.17, 15) is 4.39 Å². The number of halogens is 1. The summed E-state index contributed by atoms with van der Waals surface area (Å²) in [5.74, 6) is 1.43. The summed E-state index contributed by atoms with van der Waals surface area (Å²) in [6.07, 6.45) is 2.52. The molecule has 7 heteroatoms. The normalized spacial score (nSPS) is 11.6. The van der Waals surface area contributed by atoms with Crippen molar-refractivity contribution in [1.29, 1.82) is 0 Å². The molecule has 3 rings (SSSR count). The van der Waals surface area contributed by atoms with Crippen LogP contribution in [0.25, 0.3) is 10.9 Å². The van der Waals surface area contributed by atoms with Gasteiger partial charge in [-0.2, -0.15) is 0 Å². The first-order chi connectivity index (χ1) is 13.6. The van der Waals surface area contributed by atoms with E-state index in [-0.39, 0.29) is 11.8 Å². The third-order valence-corrected chi connectivity index (χ3v) is 4.22. The molecule has 3 aromatic rings. The molecule has 0 atom stereocenters. The third-order valence-electron chi connectivity index (χ3n) is 4.22. The number of aliphatic imine (C=N–C) groups is 1. The van der Waals surface area contributed by atoms with Gasteiger partial charge in [-0.1, -0.05) is 0 Å². The Balaban J connectivity index is 1.68. The molecule has 0 saturated heterocycles. The minimum Gasteiger partial charge on any atom is -0.494 e. The Morgan fingerprint density at radius 1 is 1.14 bits per heavy atom. The monoisotopic (exact) mass is 384 g/mol. The minimum absolute atomic E-state index is 0.254. The number of anilines is 1. The lowest BCUT2D eigenvalue weighted by Gasteiger charge is -2.14. The van der Waals surface area contributed by atoms with Crippen LogP contribution in [0.2, 0.25) is 0 Å².